The van der Waals surface area contributed by atoms with E-state index in [1.54, 1.807) is 11.1 Å². The van der Waals surface area contributed by atoms with E-state index in [4.69, 9.17) is 0 Å². The summed E-state index contributed by atoms with van der Waals surface area (Å²) >= 11 is 0. The van der Waals surface area contributed by atoms with E-state index in [9.17, 15) is 0 Å². The molecule has 3 rings (SSSR count). The molecule has 2 unspecified atom stereocenters. The zero-order valence-electron chi connectivity index (χ0n) is 10.1. The van der Waals surface area contributed by atoms with E-state index in [0.29, 0.717) is 0 Å². The molecule has 1 aliphatic carbocycles. The van der Waals surface area contributed by atoms with Crippen LogP contribution in [0.4, 0.5) is 0 Å². The van der Waals surface area contributed by atoms with Crippen LogP contribution in [0.15, 0.2) is 18.2 Å². The molecule has 0 aromatic heterocycles. The Morgan fingerprint density at radius 2 is 2.12 bits per heavy atom. The highest BCUT2D eigenvalue weighted by atomic mass is 14.9. The van der Waals surface area contributed by atoms with Gasteiger partial charge in [-0.2, -0.15) is 0 Å². The third-order valence-corrected chi connectivity index (χ3v) is 4.05. The fourth-order valence-electron chi connectivity index (χ4n) is 3.23. The van der Waals surface area contributed by atoms with Crippen molar-refractivity contribution in [1.29, 1.82) is 0 Å². The Balaban J connectivity index is 1.74. The van der Waals surface area contributed by atoms with E-state index in [1.807, 2.05) is 0 Å². The van der Waals surface area contributed by atoms with E-state index < -0.39 is 0 Å². The molecule has 1 aromatic rings. The molecular formula is C15H21N. The van der Waals surface area contributed by atoms with Gasteiger partial charge in [-0.05, 0) is 61.3 Å². The van der Waals surface area contributed by atoms with Crippen LogP contribution in [0.1, 0.15) is 36.5 Å². The van der Waals surface area contributed by atoms with Crippen molar-refractivity contribution in [2.45, 2.75) is 45.1 Å². The number of benzene rings is 1. The largest absolute Gasteiger partial charge is 0.314 e. The van der Waals surface area contributed by atoms with Crippen molar-refractivity contribution in [1.82, 2.24) is 5.32 Å². The van der Waals surface area contributed by atoms with Crippen molar-refractivity contribution in [3.63, 3.8) is 0 Å². The van der Waals surface area contributed by atoms with E-state index in [0.717, 1.165) is 12.0 Å². The maximum Gasteiger partial charge on any atom is 0.0108 e. The predicted molar refractivity (Wildman–Crippen MR) is 67.7 cm³/mol. The van der Waals surface area contributed by atoms with Gasteiger partial charge >= 0.3 is 0 Å². The van der Waals surface area contributed by atoms with Gasteiger partial charge in [-0.1, -0.05) is 25.1 Å². The molecule has 0 bridgehead atoms. The van der Waals surface area contributed by atoms with Gasteiger partial charge in [0, 0.05) is 6.04 Å². The molecule has 0 radical (unpaired) electrons. The van der Waals surface area contributed by atoms with Crippen LogP contribution in [0.5, 0.6) is 0 Å². The first-order chi connectivity index (χ1) is 7.81. The summed E-state index contributed by atoms with van der Waals surface area (Å²) in [5.41, 5.74) is 4.74. The van der Waals surface area contributed by atoms with Crippen molar-refractivity contribution in [2.75, 3.05) is 6.54 Å². The number of rotatable bonds is 2. The lowest BCUT2D eigenvalue weighted by atomic mass is 10.0. The molecule has 1 heterocycles. The molecule has 1 aromatic carbocycles. The second kappa shape index (κ2) is 4.21. The van der Waals surface area contributed by atoms with E-state index >= 15 is 0 Å². The molecule has 1 fully saturated rings. The van der Waals surface area contributed by atoms with Gasteiger partial charge in [0.2, 0.25) is 0 Å². The normalized spacial score (nSPS) is 28.3. The zero-order chi connectivity index (χ0) is 11.0. The summed E-state index contributed by atoms with van der Waals surface area (Å²) in [6.07, 6.45) is 6.51. The molecule has 0 spiro atoms. The predicted octanol–water partition coefficient (Wildman–Crippen LogP) is 2.72. The molecule has 2 aliphatic rings. The van der Waals surface area contributed by atoms with Crippen molar-refractivity contribution in [3.05, 3.63) is 34.9 Å². The highest BCUT2D eigenvalue weighted by Crippen LogP contribution is 2.27. The topological polar surface area (TPSA) is 12.0 Å². The third-order valence-electron chi connectivity index (χ3n) is 4.05. The second-order valence-electron chi connectivity index (χ2n) is 5.61. The first kappa shape index (κ1) is 10.3. The zero-order valence-corrected chi connectivity index (χ0v) is 10.1. The maximum absolute atomic E-state index is 3.58. The minimum Gasteiger partial charge on any atom is -0.314 e. The van der Waals surface area contributed by atoms with Crippen LogP contribution in [0.3, 0.4) is 0 Å². The van der Waals surface area contributed by atoms with E-state index in [-0.39, 0.29) is 0 Å². The van der Waals surface area contributed by atoms with Gasteiger partial charge < -0.3 is 5.32 Å². The molecule has 86 valence electrons. The highest BCUT2D eigenvalue weighted by molar-refractivity contribution is 5.36. The number of fused-ring (bicyclic) bond motifs is 1. The molecule has 1 nitrogen and oxygen atoms in total. The molecule has 0 saturated carbocycles. The Labute approximate surface area is 98.3 Å². The summed E-state index contributed by atoms with van der Waals surface area (Å²) < 4.78 is 0. The lowest BCUT2D eigenvalue weighted by Gasteiger charge is -2.11. The van der Waals surface area contributed by atoms with Gasteiger partial charge in [0.15, 0.2) is 0 Å². The SMILES string of the molecule is CC1Cc2ccc(CC3CCCN3)cc2C1. The van der Waals surface area contributed by atoms with Crippen LogP contribution in [-0.2, 0) is 19.3 Å². The van der Waals surface area contributed by atoms with Crippen molar-refractivity contribution < 1.29 is 0 Å². The summed E-state index contributed by atoms with van der Waals surface area (Å²) in [5.74, 6) is 0.856. The average molecular weight is 215 g/mol. The minimum atomic E-state index is 0.733. The first-order valence-electron chi connectivity index (χ1n) is 6.65. The molecule has 1 N–H and O–H groups in total. The monoisotopic (exact) mass is 215 g/mol. The molecule has 1 aliphatic heterocycles. The van der Waals surface area contributed by atoms with Crippen LogP contribution in [0.2, 0.25) is 0 Å². The summed E-state index contributed by atoms with van der Waals surface area (Å²) in [5, 5.41) is 3.58. The Hall–Kier alpha value is -0.820. The Kier molecular flexibility index (Phi) is 2.72. The van der Waals surface area contributed by atoms with E-state index in [1.165, 1.54) is 44.2 Å². The average Bonchev–Trinajstić information content (AvgIpc) is 2.85. The van der Waals surface area contributed by atoms with Crippen LogP contribution >= 0.6 is 0 Å². The van der Waals surface area contributed by atoms with Gasteiger partial charge in [0.1, 0.15) is 0 Å². The van der Waals surface area contributed by atoms with Crippen molar-refractivity contribution >= 4 is 0 Å². The molecule has 16 heavy (non-hydrogen) atoms. The fourth-order valence-corrected chi connectivity index (χ4v) is 3.23. The van der Waals surface area contributed by atoms with Crippen molar-refractivity contribution in [2.24, 2.45) is 5.92 Å². The quantitative estimate of drug-likeness (QED) is 0.800. The van der Waals surface area contributed by atoms with Crippen LogP contribution in [-0.4, -0.2) is 12.6 Å². The van der Waals surface area contributed by atoms with Crippen molar-refractivity contribution in [3.8, 4) is 0 Å². The van der Waals surface area contributed by atoms with Gasteiger partial charge in [-0.15, -0.1) is 0 Å². The van der Waals surface area contributed by atoms with Gasteiger partial charge in [0.05, 0.1) is 0 Å². The van der Waals surface area contributed by atoms with E-state index in [2.05, 4.69) is 30.4 Å². The van der Waals surface area contributed by atoms with Gasteiger partial charge in [0.25, 0.3) is 0 Å². The van der Waals surface area contributed by atoms with Gasteiger partial charge in [-0.3, -0.25) is 0 Å². The maximum atomic E-state index is 3.58. The summed E-state index contributed by atoms with van der Waals surface area (Å²) in [7, 11) is 0. The van der Waals surface area contributed by atoms with Gasteiger partial charge in [-0.25, -0.2) is 0 Å². The van der Waals surface area contributed by atoms with Crippen LogP contribution in [0.25, 0.3) is 0 Å². The van der Waals surface area contributed by atoms with Crippen LogP contribution < -0.4 is 5.32 Å². The smallest absolute Gasteiger partial charge is 0.0108 e. The third kappa shape index (κ3) is 2.01. The number of nitrogens with one attached hydrogen (secondary N) is 1. The summed E-state index contributed by atoms with van der Waals surface area (Å²) in [4.78, 5) is 0. The first-order valence-corrected chi connectivity index (χ1v) is 6.65. The minimum absolute atomic E-state index is 0.733. The van der Waals surface area contributed by atoms with Crippen LogP contribution in [0, 0.1) is 5.92 Å². The number of hydrogen-bond acceptors (Lipinski definition) is 1. The molecule has 1 saturated heterocycles. The standard InChI is InChI=1S/C15H21N/c1-11-7-13-5-4-12(9-14(13)8-11)10-15-3-2-6-16-15/h4-5,9,11,15-16H,2-3,6-8,10H2,1H3. The lowest BCUT2D eigenvalue weighted by molar-refractivity contribution is 0.602. The fraction of sp³-hybridized carbons (Fsp3) is 0.600. The molecule has 0 amide bonds. The Bertz CT molecular complexity index is 377. The molecule has 1 heteroatoms. The molecular weight excluding hydrogens is 194 g/mol. The highest BCUT2D eigenvalue weighted by Gasteiger charge is 2.19. The lowest BCUT2D eigenvalue weighted by Crippen LogP contribution is -2.23. The summed E-state index contributed by atoms with van der Waals surface area (Å²) in [6, 6.07) is 7.90. The Morgan fingerprint density at radius 3 is 2.94 bits per heavy atom. The molecule has 2 atom stereocenters. The second-order valence-corrected chi connectivity index (χ2v) is 5.61. The Morgan fingerprint density at radius 1 is 1.25 bits per heavy atom. The number of hydrogen-bond donors (Lipinski definition) is 1. The summed E-state index contributed by atoms with van der Waals surface area (Å²) in [6.45, 7) is 3.57.